The summed E-state index contributed by atoms with van der Waals surface area (Å²) in [5.74, 6) is -3.95. The molecule has 6 heteroatoms. The van der Waals surface area contributed by atoms with E-state index in [1.807, 2.05) is 0 Å². The Hall–Kier alpha value is -1.85. The molecule has 1 aromatic carbocycles. The fourth-order valence-electron chi connectivity index (χ4n) is 2.61. The number of carbonyl (C=O) groups is 1. The first kappa shape index (κ1) is 16.5. The quantitative estimate of drug-likeness (QED) is 0.806. The van der Waals surface area contributed by atoms with Gasteiger partial charge in [-0.2, -0.15) is 0 Å². The smallest absolute Gasteiger partial charge is 0.410 e. The predicted molar refractivity (Wildman–Crippen MR) is 81.0 cm³/mol. The van der Waals surface area contributed by atoms with E-state index in [0.717, 1.165) is 4.90 Å². The molecule has 1 atom stereocenters. The Morgan fingerprint density at radius 3 is 2.64 bits per heavy atom. The zero-order chi connectivity index (χ0) is 16.5. The minimum absolute atomic E-state index is 0.176. The van der Waals surface area contributed by atoms with Gasteiger partial charge in [0, 0.05) is 12.2 Å². The third-order valence-corrected chi connectivity index (χ3v) is 3.56. The molecule has 1 amide bonds. The van der Waals surface area contributed by atoms with Gasteiger partial charge in [-0.1, -0.05) is 12.1 Å². The Bertz CT molecular complexity index is 555. The van der Waals surface area contributed by atoms with Gasteiger partial charge in [-0.3, -0.25) is 0 Å². The zero-order valence-corrected chi connectivity index (χ0v) is 13.1. The van der Waals surface area contributed by atoms with E-state index in [-0.39, 0.29) is 13.0 Å². The molecule has 1 aliphatic heterocycles. The molecule has 1 aromatic rings. The maximum atomic E-state index is 14.4. The van der Waals surface area contributed by atoms with Crippen molar-refractivity contribution >= 4 is 11.8 Å². The highest BCUT2D eigenvalue weighted by molar-refractivity contribution is 5.68. The van der Waals surface area contributed by atoms with E-state index in [0.29, 0.717) is 11.3 Å². The molecule has 1 unspecified atom stereocenters. The van der Waals surface area contributed by atoms with Crippen molar-refractivity contribution in [3.63, 3.8) is 0 Å². The molecule has 1 aliphatic rings. The molecule has 22 heavy (non-hydrogen) atoms. The summed E-state index contributed by atoms with van der Waals surface area (Å²) in [6.07, 6.45) is -0.520. The predicted octanol–water partition coefficient (Wildman–Crippen LogP) is 3.63. The number of ether oxygens (including phenoxy) is 1. The van der Waals surface area contributed by atoms with Crippen molar-refractivity contribution in [2.75, 3.05) is 18.8 Å². The largest absolute Gasteiger partial charge is 0.444 e. The Labute approximate surface area is 129 Å². The van der Waals surface area contributed by atoms with E-state index in [9.17, 15) is 13.6 Å². The van der Waals surface area contributed by atoms with E-state index in [4.69, 9.17) is 10.5 Å². The first-order valence-electron chi connectivity index (χ1n) is 7.30. The van der Waals surface area contributed by atoms with Crippen LogP contribution in [0.4, 0.5) is 19.3 Å². The van der Waals surface area contributed by atoms with E-state index in [1.165, 1.54) is 0 Å². The molecule has 1 fully saturated rings. The number of nitrogens with two attached hydrogens (primary N) is 1. The Morgan fingerprint density at radius 2 is 2.09 bits per heavy atom. The van der Waals surface area contributed by atoms with Crippen LogP contribution in [-0.2, 0) is 4.74 Å². The summed E-state index contributed by atoms with van der Waals surface area (Å²) in [5.41, 5.74) is 5.94. The highest BCUT2D eigenvalue weighted by Crippen LogP contribution is 2.40. The van der Waals surface area contributed by atoms with E-state index < -0.39 is 30.1 Å². The van der Waals surface area contributed by atoms with Gasteiger partial charge >= 0.3 is 6.09 Å². The van der Waals surface area contributed by atoms with Gasteiger partial charge in [0.05, 0.1) is 12.5 Å². The van der Waals surface area contributed by atoms with Crippen molar-refractivity contribution in [3.05, 3.63) is 29.8 Å². The summed E-state index contributed by atoms with van der Waals surface area (Å²) in [6, 6.07) is 6.55. The number of rotatable bonds is 1. The maximum Gasteiger partial charge on any atom is 0.410 e. The Morgan fingerprint density at radius 1 is 1.41 bits per heavy atom. The van der Waals surface area contributed by atoms with Crippen LogP contribution in [0.1, 0.15) is 38.7 Å². The lowest BCUT2D eigenvalue weighted by Crippen LogP contribution is -2.50. The fraction of sp³-hybridized carbons (Fsp3) is 0.562. The number of nitrogen functional groups attached to an aromatic ring is 1. The number of halogens is 2. The van der Waals surface area contributed by atoms with Crippen LogP contribution in [0.3, 0.4) is 0 Å². The second kappa shape index (κ2) is 5.74. The number of likely N-dealkylation sites (tertiary alicyclic amines) is 1. The van der Waals surface area contributed by atoms with Gasteiger partial charge in [-0.25, -0.2) is 13.6 Å². The number of amides is 1. The van der Waals surface area contributed by atoms with Crippen molar-refractivity contribution in [2.45, 2.75) is 44.6 Å². The molecule has 0 aromatic heterocycles. The molecule has 0 radical (unpaired) electrons. The number of alkyl halides is 2. The summed E-state index contributed by atoms with van der Waals surface area (Å²) in [5, 5.41) is 0. The molecule has 122 valence electrons. The number of anilines is 1. The van der Waals surface area contributed by atoms with Crippen LogP contribution in [-0.4, -0.2) is 35.6 Å². The third kappa shape index (κ3) is 3.87. The standard InChI is InChI=1S/C16H22F2N2O2/c1-15(2,3)22-14(21)20-8-7-13(16(17,18)10-20)11-5-4-6-12(19)9-11/h4-6,9,13H,7-8,10,19H2,1-3H3. The SMILES string of the molecule is CC(C)(C)OC(=O)N1CCC(c2cccc(N)c2)C(F)(F)C1. The molecule has 0 spiro atoms. The molecule has 2 rings (SSSR count). The molecular formula is C16H22F2N2O2. The molecule has 0 saturated carbocycles. The van der Waals surface area contributed by atoms with Crippen molar-refractivity contribution in [3.8, 4) is 0 Å². The van der Waals surface area contributed by atoms with Crippen molar-refractivity contribution in [2.24, 2.45) is 0 Å². The second-order valence-electron chi connectivity index (χ2n) is 6.67. The molecular weight excluding hydrogens is 290 g/mol. The highest BCUT2D eigenvalue weighted by atomic mass is 19.3. The minimum atomic E-state index is -3.01. The average molecular weight is 312 g/mol. The topological polar surface area (TPSA) is 55.6 Å². The molecule has 0 bridgehead atoms. The van der Waals surface area contributed by atoms with Crippen molar-refractivity contribution in [1.82, 2.24) is 4.90 Å². The minimum Gasteiger partial charge on any atom is -0.444 e. The average Bonchev–Trinajstić information content (AvgIpc) is 2.35. The number of benzene rings is 1. The molecule has 1 heterocycles. The van der Waals surface area contributed by atoms with E-state index >= 15 is 0 Å². The number of piperidine rings is 1. The second-order valence-corrected chi connectivity index (χ2v) is 6.67. The van der Waals surface area contributed by atoms with Crippen LogP contribution in [0.5, 0.6) is 0 Å². The number of hydrogen-bond donors (Lipinski definition) is 1. The Balaban J connectivity index is 2.11. The van der Waals surface area contributed by atoms with Gasteiger partial charge in [0.15, 0.2) is 0 Å². The van der Waals surface area contributed by atoms with Gasteiger partial charge in [0.2, 0.25) is 0 Å². The van der Waals surface area contributed by atoms with E-state index in [1.54, 1.807) is 45.0 Å². The fourth-order valence-corrected chi connectivity index (χ4v) is 2.61. The first-order chi connectivity index (χ1) is 10.1. The van der Waals surface area contributed by atoms with Gasteiger partial charge in [0.25, 0.3) is 5.92 Å². The lowest BCUT2D eigenvalue weighted by Gasteiger charge is -2.39. The van der Waals surface area contributed by atoms with Crippen molar-refractivity contribution < 1.29 is 18.3 Å². The number of hydrogen-bond acceptors (Lipinski definition) is 3. The van der Waals surface area contributed by atoms with Crippen LogP contribution < -0.4 is 5.73 Å². The zero-order valence-electron chi connectivity index (χ0n) is 13.1. The summed E-state index contributed by atoms with van der Waals surface area (Å²) in [7, 11) is 0. The van der Waals surface area contributed by atoms with Gasteiger partial charge in [-0.05, 0) is 44.9 Å². The first-order valence-corrected chi connectivity index (χ1v) is 7.30. The lowest BCUT2D eigenvalue weighted by atomic mass is 9.86. The summed E-state index contributed by atoms with van der Waals surface area (Å²) in [4.78, 5) is 13.0. The summed E-state index contributed by atoms with van der Waals surface area (Å²) < 4.78 is 34.0. The van der Waals surface area contributed by atoms with Crippen LogP contribution >= 0.6 is 0 Å². The van der Waals surface area contributed by atoms with Crippen LogP contribution in [0.2, 0.25) is 0 Å². The maximum absolute atomic E-state index is 14.4. The third-order valence-electron chi connectivity index (χ3n) is 3.56. The van der Waals surface area contributed by atoms with E-state index in [2.05, 4.69) is 0 Å². The molecule has 4 nitrogen and oxygen atoms in total. The number of carbonyl (C=O) groups excluding carboxylic acids is 1. The number of nitrogens with zero attached hydrogens (tertiary/aromatic N) is 1. The monoisotopic (exact) mass is 312 g/mol. The summed E-state index contributed by atoms with van der Waals surface area (Å²) >= 11 is 0. The van der Waals surface area contributed by atoms with Gasteiger partial charge in [0.1, 0.15) is 5.60 Å². The summed E-state index contributed by atoms with van der Waals surface area (Å²) in [6.45, 7) is 4.74. The molecule has 1 saturated heterocycles. The van der Waals surface area contributed by atoms with Gasteiger partial charge < -0.3 is 15.4 Å². The molecule has 2 N–H and O–H groups in total. The van der Waals surface area contributed by atoms with Crippen LogP contribution in [0, 0.1) is 0 Å². The Kier molecular flexibility index (Phi) is 4.31. The highest BCUT2D eigenvalue weighted by Gasteiger charge is 2.47. The van der Waals surface area contributed by atoms with Crippen LogP contribution in [0.15, 0.2) is 24.3 Å². The lowest BCUT2D eigenvalue weighted by molar-refractivity contribution is -0.0848. The normalized spacial score (nSPS) is 21.5. The molecule has 0 aliphatic carbocycles. The van der Waals surface area contributed by atoms with Crippen LogP contribution in [0.25, 0.3) is 0 Å². The van der Waals surface area contributed by atoms with Crippen molar-refractivity contribution in [1.29, 1.82) is 0 Å². The van der Waals surface area contributed by atoms with Gasteiger partial charge in [-0.15, -0.1) is 0 Å².